The van der Waals surface area contributed by atoms with Gasteiger partial charge in [-0.2, -0.15) is 0 Å². The van der Waals surface area contributed by atoms with Crippen molar-refractivity contribution in [2.24, 2.45) is 5.73 Å². The van der Waals surface area contributed by atoms with Gasteiger partial charge in [-0.3, -0.25) is 4.98 Å². The van der Waals surface area contributed by atoms with Gasteiger partial charge in [-0.25, -0.2) is 0 Å². The van der Waals surface area contributed by atoms with E-state index < -0.39 is 0 Å². The van der Waals surface area contributed by atoms with Gasteiger partial charge in [-0.05, 0) is 46.1 Å². The van der Waals surface area contributed by atoms with Crippen molar-refractivity contribution in [3.63, 3.8) is 0 Å². The van der Waals surface area contributed by atoms with Crippen LogP contribution in [0.4, 0.5) is 5.69 Å². The largest absolute Gasteiger partial charge is 0.364 e. The van der Waals surface area contributed by atoms with Crippen molar-refractivity contribution in [3.8, 4) is 0 Å². The van der Waals surface area contributed by atoms with Gasteiger partial charge in [0.15, 0.2) is 0 Å². The molecule has 4 heteroatoms. The van der Waals surface area contributed by atoms with E-state index in [-0.39, 0.29) is 6.04 Å². The lowest BCUT2D eigenvalue weighted by Crippen LogP contribution is -2.43. The molecular weight excluding hydrogens is 302 g/mol. The molecule has 0 spiro atoms. The molecule has 19 heavy (non-hydrogen) atoms. The zero-order valence-electron chi connectivity index (χ0n) is 10.6. The third-order valence-electron chi connectivity index (χ3n) is 3.41. The number of nitrogens with two attached hydrogens (primary N) is 1. The van der Waals surface area contributed by atoms with Crippen LogP contribution in [0.25, 0.3) is 0 Å². The number of hydrogen-bond donors (Lipinski definition) is 1. The zero-order valence-corrected chi connectivity index (χ0v) is 12.2. The van der Waals surface area contributed by atoms with E-state index in [9.17, 15) is 0 Å². The smallest absolute Gasteiger partial charge is 0.0602 e. The molecule has 3 rings (SSSR count). The van der Waals surface area contributed by atoms with Crippen LogP contribution < -0.4 is 10.6 Å². The van der Waals surface area contributed by atoms with E-state index in [2.05, 4.69) is 50.1 Å². The van der Waals surface area contributed by atoms with Crippen molar-refractivity contribution >= 4 is 21.6 Å². The third kappa shape index (κ3) is 2.80. The van der Waals surface area contributed by atoms with Crippen molar-refractivity contribution in [2.45, 2.75) is 19.0 Å². The predicted molar refractivity (Wildman–Crippen MR) is 81.1 cm³/mol. The number of fused-ring (bicyclic) bond motifs is 1. The Morgan fingerprint density at radius 1 is 1.26 bits per heavy atom. The fraction of sp³-hybridized carbons (Fsp3) is 0.267. The lowest BCUT2D eigenvalue weighted by atomic mass is 9.98. The molecule has 1 aliphatic heterocycles. The maximum absolute atomic E-state index is 6.15. The van der Waals surface area contributed by atoms with Crippen LogP contribution in [0, 0.1) is 0 Å². The molecule has 0 radical (unpaired) electrons. The molecule has 0 bridgehead atoms. The van der Waals surface area contributed by atoms with Crippen molar-refractivity contribution in [2.75, 3.05) is 11.4 Å². The second kappa shape index (κ2) is 5.31. The molecule has 1 aromatic heterocycles. The Labute approximate surface area is 121 Å². The Morgan fingerprint density at radius 3 is 2.89 bits per heavy atom. The Balaban J connectivity index is 1.86. The summed E-state index contributed by atoms with van der Waals surface area (Å²) in [4.78, 5) is 6.76. The molecule has 0 aliphatic carbocycles. The minimum Gasteiger partial charge on any atom is -0.364 e. The summed E-state index contributed by atoms with van der Waals surface area (Å²) in [5, 5.41) is 0. The Bertz CT molecular complexity index is 568. The highest BCUT2D eigenvalue weighted by atomic mass is 79.9. The van der Waals surface area contributed by atoms with Crippen LogP contribution in [0.2, 0.25) is 0 Å². The number of benzene rings is 1. The summed E-state index contributed by atoms with van der Waals surface area (Å²) in [6.07, 6.45) is 2.80. The summed E-state index contributed by atoms with van der Waals surface area (Å²) in [6.45, 7) is 1.69. The fourth-order valence-electron chi connectivity index (χ4n) is 2.57. The minimum absolute atomic E-state index is 0.199. The molecule has 1 aliphatic rings. The summed E-state index contributed by atoms with van der Waals surface area (Å²) in [5.41, 5.74) is 9.83. The van der Waals surface area contributed by atoms with Gasteiger partial charge in [-0.1, -0.05) is 18.2 Å². The van der Waals surface area contributed by atoms with Gasteiger partial charge in [0.05, 0.1) is 12.2 Å². The number of nitrogens with zero attached hydrogens (tertiary/aromatic N) is 2. The molecule has 1 aromatic carbocycles. The van der Waals surface area contributed by atoms with E-state index in [4.69, 9.17) is 5.73 Å². The van der Waals surface area contributed by atoms with Gasteiger partial charge in [0, 0.05) is 28.9 Å². The van der Waals surface area contributed by atoms with Crippen LogP contribution in [0.1, 0.15) is 11.3 Å². The first-order valence-electron chi connectivity index (χ1n) is 6.41. The van der Waals surface area contributed by atoms with Gasteiger partial charge in [0.2, 0.25) is 0 Å². The quantitative estimate of drug-likeness (QED) is 0.926. The van der Waals surface area contributed by atoms with Crippen molar-refractivity contribution < 1.29 is 0 Å². The first-order valence-corrected chi connectivity index (χ1v) is 7.20. The molecule has 2 heterocycles. The third-order valence-corrected chi connectivity index (χ3v) is 3.88. The van der Waals surface area contributed by atoms with E-state index in [1.165, 1.54) is 11.3 Å². The average molecular weight is 318 g/mol. The first kappa shape index (κ1) is 12.6. The van der Waals surface area contributed by atoms with Gasteiger partial charge in [0.25, 0.3) is 0 Å². The SMILES string of the molecule is NC1Cc2ccccc2N(Cc2ccc(Br)cn2)C1. The van der Waals surface area contributed by atoms with Gasteiger partial charge < -0.3 is 10.6 Å². The number of rotatable bonds is 2. The Hall–Kier alpha value is -1.39. The highest BCUT2D eigenvalue weighted by Gasteiger charge is 2.21. The van der Waals surface area contributed by atoms with Crippen molar-refractivity contribution in [1.29, 1.82) is 0 Å². The van der Waals surface area contributed by atoms with E-state index in [1.807, 2.05) is 18.3 Å². The molecule has 98 valence electrons. The fourth-order valence-corrected chi connectivity index (χ4v) is 2.80. The lowest BCUT2D eigenvalue weighted by molar-refractivity contribution is 0.595. The normalized spacial score (nSPS) is 18.2. The maximum atomic E-state index is 6.15. The van der Waals surface area contributed by atoms with E-state index in [0.29, 0.717) is 0 Å². The molecule has 0 fully saturated rings. The second-order valence-corrected chi connectivity index (χ2v) is 5.86. The van der Waals surface area contributed by atoms with Crippen molar-refractivity contribution in [3.05, 3.63) is 58.3 Å². The molecule has 0 amide bonds. The number of anilines is 1. The molecular formula is C15H16BrN3. The maximum Gasteiger partial charge on any atom is 0.0602 e. The summed E-state index contributed by atoms with van der Waals surface area (Å²) in [6, 6.07) is 12.8. The first-order chi connectivity index (χ1) is 9.22. The lowest BCUT2D eigenvalue weighted by Gasteiger charge is -2.34. The standard InChI is InChI=1S/C15H16BrN3/c16-12-5-6-14(18-8-12)10-19-9-13(17)7-11-3-1-2-4-15(11)19/h1-6,8,13H,7,9-10,17H2. The molecule has 3 nitrogen and oxygen atoms in total. The van der Waals surface area contributed by atoms with Gasteiger partial charge in [0.1, 0.15) is 0 Å². The molecule has 0 saturated carbocycles. The predicted octanol–water partition coefficient (Wildman–Crippen LogP) is 2.73. The molecule has 2 aromatic rings. The minimum atomic E-state index is 0.199. The second-order valence-electron chi connectivity index (χ2n) is 4.94. The zero-order chi connectivity index (χ0) is 13.2. The number of para-hydroxylation sites is 1. The Morgan fingerprint density at radius 2 is 2.11 bits per heavy atom. The van der Waals surface area contributed by atoms with Crippen LogP contribution in [-0.2, 0) is 13.0 Å². The van der Waals surface area contributed by atoms with E-state index in [1.54, 1.807) is 0 Å². The van der Waals surface area contributed by atoms with Crippen LogP contribution in [0.15, 0.2) is 47.1 Å². The number of halogens is 1. The van der Waals surface area contributed by atoms with E-state index >= 15 is 0 Å². The number of hydrogen-bond acceptors (Lipinski definition) is 3. The van der Waals surface area contributed by atoms with Gasteiger partial charge in [-0.15, -0.1) is 0 Å². The highest BCUT2D eigenvalue weighted by Crippen LogP contribution is 2.27. The van der Waals surface area contributed by atoms with Crippen LogP contribution in [-0.4, -0.2) is 17.6 Å². The van der Waals surface area contributed by atoms with Crippen LogP contribution >= 0.6 is 15.9 Å². The van der Waals surface area contributed by atoms with Crippen molar-refractivity contribution in [1.82, 2.24) is 4.98 Å². The monoisotopic (exact) mass is 317 g/mol. The van der Waals surface area contributed by atoms with Gasteiger partial charge >= 0.3 is 0 Å². The number of aromatic nitrogens is 1. The van der Waals surface area contributed by atoms with Crippen LogP contribution in [0.3, 0.4) is 0 Å². The molecule has 1 atom stereocenters. The summed E-state index contributed by atoms with van der Waals surface area (Å²) in [7, 11) is 0. The summed E-state index contributed by atoms with van der Waals surface area (Å²) in [5.74, 6) is 0. The van der Waals surface area contributed by atoms with E-state index in [0.717, 1.165) is 29.7 Å². The molecule has 1 unspecified atom stereocenters. The summed E-state index contributed by atoms with van der Waals surface area (Å²) >= 11 is 3.41. The molecule has 2 N–H and O–H groups in total. The van der Waals surface area contributed by atoms with Crippen LogP contribution in [0.5, 0.6) is 0 Å². The Kier molecular flexibility index (Phi) is 3.53. The summed E-state index contributed by atoms with van der Waals surface area (Å²) < 4.78 is 1.01. The average Bonchev–Trinajstić information content (AvgIpc) is 2.41. The highest BCUT2D eigenvalue weighted by molar-refractivity contribution is 9.10. The molecule has 0 saturated heterocycles. The number of pyridine rings is 1. The topological polar surface area (TPSA) is 42.1 Å².